The Morgan fingerprint density at radius 3 is 2.93 bits per heavy atom. The molecule has 8 nitrogen and oxygen atoms in total. The maximum absolute atomic E-state index is 11.2. The summed E-state index contributed by atoms with van der Waals surface area (Å²) in [7, 11) is 2.75. The highest BCUT2D eigenvalue weighted by molar-refractivity contribution is 5.78. The Labute approximate surface area is 85.1 Å². The summed E-state index contributed by atoms with van der Waals surface area (Å²) < 4.78 is 4.73. The van der Waals surface area contributed by atoms with E-state index in [2.05, 4.69) is 25.3 Å². The van der Waals surface area contributed by atoms with Gasteiger partial charge in [0.05, 0.1) is 20.4 Å². The van der Waals surface area contributed by atoms with E-state index in [1.807, 2.05) is 0 Å². The number of H-pyrrole nitrogens is 1. The summed E-state index contributed by atoms with van der Waals surface area (Å²) in [5, 5.41) is 0. The minimum atomic E-state index is -0.434. The molecule has 0 saturated carbocycles. The van der Waals surface area contributed by atoms with Crippen LogP contribution in [0.1, 0.15) is 0 Å². The molecular weight excluding hydrogens is 202 g/mol. The number of nitrogens with two attached hydrogens (primary N) is 1. The fourth-order valence-electron chi connectivity index (χ4n) is 0.818. The minimum Gasteiger partial charge on any atom is -0.490 e. The number of aromatic nitrogens is 2. The van der Waals surface area contributed by atoms with Crippen LogP contribution in [0.2, 0.25) is 0 Å². The maximum atomic E-state index is 11.2. The molecular formula is C7H11N5O3. The number of methoxy groups -OCH3 is 1. The predicted molar refractivity (Wildman–Crippen MR) is 52.8 cm³/mol. The van der Waals surface area contributed by atoms with E-state index in [-0.39, 0.29) is 17.7 Å². The van der Waals surface area contributed by atoms with E-state index >= 15 is 0 Å². The predicted octanol–water partition coefficient (Wildman–Crippen LogP) is -1.12. The van der Waals surface area contributed by atoms with Gasteiger partial charge in [-0.25, -0.2) is 10.5 Å². The van der Waals surface area contributed by atoms with E-state index in [4.69, 9.17) is 10.5 Å². The number of hydrogen-bond donors (Lipinski definition) is 3. The van der Waals surface area contributed by atoms with Gasteiger partial charge in [0.2, 0.25) is 17.7 Å². The van der Waals surface area contributed by atoms with Crippen molar-refractivity contribution in [2.45, 2.75) is 0 Å². The van der Waals surface area contributed by atoms with Crippen LogP contribution in [0.4, 0.5) is 5.95 Å². The van der Waals surface area contributed by atoms with Crippen LogP contribution in [-0.4, -0.2) is 30.1 Å². The van der Waals surface area contributed by atoms with Crippen molar-refractivity contribution in [3.8, 4) is 5.75 Å². The molecule has 0 amide bonds. The minimum absolute atomic E-state index is 0.0224. The number of nitrogens with zero attached hydrogens (tertiary/aromatic N) is 2. The van der Waals surface area contributed by atoms with Crippen LogP contribution in [-0.2, 0) is 4.84 Å². The van der Waals surface area contributed by atoms with Crippen LogP contribution in [0.3, 0.4) is 0 Å². The summed E-state index contributed by atoms with van der Waals surface area (Å²) in [6.45, 7) is 0. The zero-order chi connectivity index (χ0) is 11.3. The molecule has 8 heteroatoms. The lowest BCUT2D eigenvalue weighted by molar-refractivity contribution is 0.143. The average molecular weight is 213 g/mol. The lowest BCUT2D eigenvalue weighted by atomic mass is 10.6. The highest BCUT2D eigenvalue weighted by atomic mass is 16.6. The van der Waals surface area contributed by atoms with E-state index < -0.39 is 5.56 Å². The number of hydroxylamine groups is 1. The second-order valence-electron chi connectivity index (χ2n) is 2.41. The van der Waals surface area contributed by atoms with Gasteiger partial charge < -0.3 is 10.5 Å². The Hall–Kier alpha value is -2.09. The smallest absolute Gasteiger partial charge is 0.294 e. The van der Waals surface area contributed by atoms with Crippen molar-refractivity contribution >= 4 is 11.9 Å². The van der Waals surface area contributed by atoms with Crippen molar-refractivity contribution in [3.05, 3.63) is 16.6 Å². The van der Waals surface area contributed by atoms with Gasteiger partial charge in [0, 0.05) is 0 Å². The standard InChI is InChI=1S/C7H11N5O3/c1-14-4-3-9-7(10-5(4)13)11-6(8)12-15-2/h3H,1-2H3,(H4,8,9,10,11,12,13). The SMILES string of the molecule is CONC(N)=Nc1ncc(OC)c(=O)[nH]1. The molecule has 82 valence electrons. The fraction of sp³-hybridized carbons (Fsp3) is 0.286. The van der Waals surface area contributed by atoms with Gasteiger partial charge in [-0.15, -0.1) is 0 Å². The monoisotopic (exact) mass is 213 g/mol. The Kier molecular flexibility index (Phi) is 3.63. The van der Waals surface area contributed by atoms with E-state index in [0.717, 1.165) is 0 Å². The highest BCUT2D eigenvalue weighted by Crippen LogP contribution is 2.03. The first-order chi connectivity index (χ1) is 7.17. The normalized spacial score (nSPS) is 11.2. The lowest BCUT2D eigenvalue weighted by Crippen LogP contribution is -2.30. The fourth-order valence-corrected chi connectivity index (χ4v) is 0.818. The molecule has 0 spiro atoms. The summed E-state index contributed by atoms with van der Waals surface area (Å²) >= 11 is 0. The van der Waals surface area contributed by atoms with Gasteiger partial charge in [0.1, 0.15) is 0 Å². The maximum Gasteiger partial charge on any atom is 0.294 e. The molecule has 0 aliphatic rings. The van der Waals surface area contributed by atoms with Crippen LogP contribution >= 0.6 is 0 Å². The summed E-state index contributed by atoms with van der Waals surface area (Å²) in [6.07, 6.45) is 1.25. The first-order valence-electron chi connectivity index (χ1n) is 3.94. The van der Waals surface area contributed by atoms with Gasteiger partial charge in [-0.3, -0.25) is 14.6 Å². The largest absolute Gasteiger partial charge is 0.490 e. The van der Waals surface area contributed by atoms with Crippen molar-refractivity contribution in [2.24, 2.45) is 10.7 Å². The first-order valence-corrected chi connectivity index (χ1v) is 3.94. The van der Waals surface area contributed by atoms with Crippen molar-refractivity contribution in [1.82, 2.24) is 15.4 Å². The number of nitrogens with one attached hydrogen (secondary N) is 2. The number of hydrogen-bond acceptors (Lipinski definition) is 5. The molecule has 0 aromatic carbocycles. The zero-order valence-electron chi connectivity index (χ0n) is 8.27. The average Bonchev–Trinajstić information content (AvgIpc) is 2.18. The third kappa shape index (κ3) is 2.95. The molecule has 1 aromatic heterocycles. The number of guanidine groups is 1. The van der Waals surface area contributed by atoms with Crippen LogP contribution in [0.5, 0.6) is 5.75 Å². The van der Waals surface area contributed by atoms with Crippen LogP contribution in [0, 0.1) is 0 Å². The summed E-state index contributed by atoms with van der Waals surface area (Å²) in [5.74, 6) is 0.140. The topological polar surface area (TPSA) is 115 Å². The number of aromatic amines is 1. The molecule has 1 aromatic rings. The zero-order valence-corrected chi connectivity index (χ0v) is 8.27. The van der Waals surface area contributed by atoms with E-state index in [0.29, 0.717) is 0 Å². The molecule has 0 saturated heterocycles. The lowest BCUT2D eigenvalue weighted by Gasteiger charge is -2.01. The molecule has 15 heavy (non-hydrogen) atoms. The van der Waals surface area contributed by atoms with Gasteiger partial charge in [-0.1, -0.05) is 0 Å². The van der Waals surface area contributed by atoms with Crippen molar-refractivity contribution in [3.63, 3.8) is 0 Å². The molecule has 1 heterocycles. The summed E-state index contributed by atoms with van der Waals surface area (Å²) in [4.78, 5) is 25.6. The van der Waals surface area contributed by atoms with Crippen molar-refractivity contribution < 1.29 is 9.57 Å². The van der Waals surface area contributed by atoms with Crippen molar-refractivity contribution in [1.29, 1.82) is 0 Å². The van der Waals surface area contributed by atoms with E-state index in [1.54, 1.807) is 0 Å². The number of aliphatic imine (C=N–C) groups is 1. The Balaban J connectivity index is 2.93. The molecule has 0 fully saturated rings. The molecule has 0 aliphatic carbocycles. The molecule has 0 bridgehead atoms. The van der Waals surface area contributed by atoms with Gasteiger partial charge in [0.25, 0.3) is 5.56 Å². The molecule has 4 N–H and O–H groups in total. The first kappa shape index (κ1) is 11.0. The van der Waals surface area contributed by atoms with Crippen LogP contribution in [0.25, 0.3) is 0 Å². The molecule has 0 aliphatic heterocycles. The van der Waals surface area contributed by atoms with Gasteiger partial charge >= 0.3 is 0 Å². The van der Waals surface area contributed by atoms with Gasteiger partial charge in [-0.2, -0.15) is 4.99 Å². The second-order valence-corrected chi connectivity index (χ2v) is 2.41. The third-order valence-electron chi connectivity index (χ3n) is 1.41. The second kappa shape index (κ2) is 4.96. The van der Waals surface area contributed by atoms with E-state index in [1.165, 1.54) is 20.4 Å². The van der Waals surface area contributed by atoms with E-state index in [9.17, 15) is 4.79 Å². The molecule has 0 atom stereocenters. The quantitative estimate of drug-likeness (QED) is 0.332. The summed E-state index contributed by atoms with van der Waals surface area (Å²) in [6, 6.07) is 0. The molecule has 0 unspecified atom stereocenters. The molecule has 1 rings (SSSR count). The highest BCUT2D eigenvalue weighted by Gasteiger charge is 2.01. The number of rotatable bonds is 3. The Morgan fingerprint density at radius 1 is 1.67 bits per heavy atom. The van der Waals surface area contributed by atoms with Crippen LogP contribution in [0.15, 0.2) is 16.0 Å². The summed E-state index contributed by atoms with van der Waals surface area (Å²) in [5.41, 5.74) is 7.20. The number of ether oxygens (including phenoxy) is 1. The Morgan fingerprint density at radius 2 is 2.40 bits per heavy atom. The molecule has 0 radical (unpaired) electrons. The van der Waals surface area contributed by atoms with Crippen molar-refractivity contribution in [2.75, 3.05) is 14.2 Å². The third-order valence-corrected chi connectivity index (χ3v) is 1.41. The van der Waals surface area contributed by atoms with Crippen LogP contribution < -0.4 is 21.5 Å². The van der Waals surface area contributed by atoms with Gasteiger partial charge in [-0.05, 0) is 0 Å². The Bertz CT molecular complexity index is 413. The van der Waals surface area contributed by atoms with Gasteiger partial charge in [0.15, 0.2) is 0 Å².